The molecule has 0 spiro atoms. The first-order valence-electron chi connectivity index (χ1n) is 2.98. The Morgan fingerprint density at radius 1 is 1.00 bits per heavy atom. The zero-order chi connectivity index (χ0) is 6.36. The third-order valence-corrected chi connectivity index (χ3v) is 0.983. The van der Waals surface area contributed by atoms with Crippen LogP contribution in [0, 0.1) is 0 Å². The third-order valence-electron chi connectivity index (χ3n) is 0.983. The molecule has 0 radical (unpaired) electrons. The molecule has 1 aliphatic heterocycles. The van der Waals surface area contributed by atoms with Gasteiger partial charge in [0.25, 0.3) is 0 Å². The normalized spacial score (nSPS) is 16.9. The molecule has 0 aromatic rings. The molecular formula is C8H10N+. The van der Waals surface area contributed by atoms with Crippen LogP contribution >= 0.6 is 0 Å². The first-order chi connectivity index (χ1) is 4.50. The van der Waals surface area contributed by atoms with Crippen molar-refractivity contribution in [3.05, 3.63) is 36.5 Å². The van der Waals surface area contributed by atoms with E-state index in [0.717, 1.165) is 6.54 Å². The van der Waals surface area contributed by atoms with Crippen LogP contribution in [0.25, 0.3) is 0 Å². The SMILES string of the molecule is C1=CC=CCN=CC=C1.[H+]. The number of nitrogens with zero attached hydrogens (tertiary/aromatic N) is 1. The van der Waals surface area contributed by atoms with E-state index in [0.29, 0.717) is 0 Å². The van der Waals surface area contributed by atoms with Crippen LogP contribution in [0.2, 0.25) is 0 Å². The Labute approximate surface area is 56.6 Å². The minimum atomic E-state index is 0. The Morgan fingerprint density at radius 2 is 1.78 bits per heavy atom. The van der Waals surface area contributed by atoms with Gasteiger partial charge in [-0.25, -0.2) is 0 Å². The van der Waals surface area contributed by atoms with Crippen LogP contribution in [0.3, 0.4) is 0 Å². The first-order valence-corrected chi connectivity index (χ1v) is 2.98. The van der Waals surface area contributed by atoms with Crippen LogP contribution in [0.5, 0.6) is 0 Å². The summed E-state index contributed by atoms with van der Waals surface area (Å²) in [7, 11) is 0. The number of hydrogen-bond donors (Lipinski definition) is 0. The average molecular weight is 120 g/mol. The lowest BCUT2D eigenvalue weighted by Gasteiger charge is -1.75. The van der Waals surface area contributed by atoms with E-state index in [1.54, 1.807) is 6.21 Å². The van der Waals surface area contributed by atoms with Gasteiger partial charge in [0.1, 0.15) is 0 Å². The minimum absolute atomic E-state index is 0. The van der Waals surface area contributed by atoms with Crippen LogP contribution < -0.4 is 0 Å². The molecule has 1 aliphatic rings. The smallest absolute Gasteiger partial charge is 0.289 e. The van der Waals surface area contributed by atoms with E-state index in [1.165, 1.54) is 0 Å². The van der Waals surface area contributed by atoms with Crippen molar-refractivity contribution in [3.63, 3.8) is 0 Å². The number of hydrogen-bond acceptors (Lipinski definition) is 1. The van der Waals surface area contributed by atoms with Gasteiger partial charge in [-0.05, 0) is 6.08 Å². The Morgan fingerprint density at radius 3 is 2.78 bits per heavy atom. The molecule has 0 saturated heterocycles. The van der Waals surface area contributed by atoms with Gasteiger partial charge in [-0.15, -0.1) is 0 Å². The van der Waals surface area contributed by atoms with Crippen molar-refractivity contribution >= 4 is 6.21 Å². The molecule has 0 unspecified atom stereocenters. The van der Waals surface area contributed by atoms with E-state index in [1.807, 2.05) is 36.5 Å². The molecule has 0 saturated carbocycles. The van der Waals surface area contributed by atoms with Gasteiger partial charge in [-0.1, -0.05) is 30.4 Å². The largest absolute Gasteiger partial charge is 1.00 e. The van der Waals surface area contributed by atoms with Crippen molar-refractivity contribution in [2.45, 2.75) is 0 Å². The van der Waals surface area contributed by atoms with Crippen LogP contribution in [-0.2, 0) is 0 Å². The predicted octanol–water partition coefficient (Wildman–Crippen LogP) is 1.85. The van der Waals surface area contributed by atoms with Crippen molar-refractivity contribution in [3.8, 4) is 0 Å². The Kier molecular flexibility index (Phi) is 2.57. The molecule has 0 N–H and O–H groups in total. The van der Waals surface area contributed by atoms with Crippen molar-refractivity contribution in [2.75, 3.05) is 6.54 Å². The fourth-order valence-corrected chi connectivity index (χ4v) is 0.564. The van der Waals surface area contributed by atoms with E-state index in [9.17, 15) is 0 Å². The summed E-state index contributed by atoms with van der Waals surface area (Å²) in [5.74, 6) is 0. The summed E-state index contributed by atoms with van der Waals surface area (Å²) < 4.78 is 0. The van der Waals surface area contributed by atoms with Crippen molar-refractivity contribution in [1.29, 1.82) is 0 Å². The summed E-state index contributed by atoms with van der Waals surface area (Å²) in [6.45, 7) is 0.786. The number of aliphatic imine (C=N–C) groups is 1. The van der Waals surface area contributed by atoms with E-state index < -0.39 is 0 Å². The molecule has 1 heterocycles. The summed E-state index contributed by atoms with van der Waals surface area (Å²) in [4.78, 5) is 4.05. The van der Waals surface area contributed by atoms with Crippen molar-refractivity contribution in [1.82, 2.24) is 0 Å². The van der Waals surface area contributed by atoms with Crippen LogP contribution in [0.15, 0.2) is 41.4 Å². The van der Waals surface area contributed by atoms with Crippen molar-refractivity contribution in [2.24, 2.45) is 4.99 Å². The maximum Gasteiger partial charge on any atom is 1.00 e. The lowest BCUT2D eigenvalue weighted by molar-refractivity contribution is 1.26. The lowest BCUT2D eigenvalue weighted by Crippen LogP contribution is -1.69. The molecule has 0 amide bonds. The van der Waals surface area contributed by atoms with Crippen LogP contribution in [0.4, 0.5) is 0 Å². The fraction of sp³-hybridized carbons (Fsp3) is 0.125. The summed E-state index contributed by atoms with van der Waals surface area (Å²) in [5, 5.41) is 0. The van der Waals surface area contributed by atoms with Gasteiger partial charge in [0.2, 0.25) is 0 Å². The summed E-state index contributed by atoms with van der Waals surface area (Å²) in [6.07, 6.45) is 13.7. The van der Waals surface area contributed by atoms with Crippen LogP contribution in [-0.4, -0.2) is 12.8 Å². The molecule has 0 aromatic carbocycles. The van der Waals surface area contributed by atoms with Crippen molar-refractivity contribution < 1.29 is 1.43 Å². The number of allylic oxidation sites excluding steroid dienone is 5. The zero-order valence-corrected chi connectivity index (χ0v) is 5.20. The highest BCUT2D eigenvalue weighted by Crippen LogP contribution is 1.83. The Balaban J connectivity index is 0.000000810. The van der Waals surface area contributed by atoms with Gasteiger partial charge >= 0.3 is 1.43 Å². The topological polar surface area (TPSA) is 12.4 Å². The molecule has 1 heteroatoms. The molecule has 0 bridgehead atoms. The highest BCUT2D eigenvalue weighted by atomic mass is 14.7. The van der Waals surface area contributed by atoms with E-state index >= 15 is 0 Å². The Bertz CT molecular complexity index is 158. The molecule has 46 valence electrons. The van der Waals surface area contributed by atoms with E-state index in [2.05, 4.69) is 4.99 Å². The third kappa shape index (κ3) is 2.65. The molecule has 0 aromatic heterocycles. The molecule has 0 atom stereocenters. The fourth-order valence-electron chi connectivity index (χ4n) is 0.564. The Hall–Kier alpha value is -1.11. The average Bonchev–Trinajstić information content (AvgIpc) is 2.00. The quantitative estimate of drug-likeness (QED) is 0.462. The molecular weight excluding hydrogens is 110 g/mol. The van der Waals surface area contributed by atoms with E-state index in [-0.39, 0.29) is 1.43 Å². The van der Waals surface area contributed by atoms with Gasteiger partial charge in [0, 0.05) is 6.21 Å². The second-order valence-corrected chi connectivity index (χ2v) is 1.71. The van der Waals surface area contributed by atoms with Gasteiger partial charge in [-0.3, -0.25) is 4.99 Å². The monoisotopic (exact) mass is 120 g/mol. The molecule has 0 aliphatic carbocycles. The second kappa shape index (κ2) is 3.84. The molecule has 0 fully saturated rings. The van der Waals surface area contributed by atoms with Gasteiger partial charge in [0.05, 0.1) is 6.54 Å². The summed E-state index contributed by atoms with van der Waals surface area (Å²) in [6, 6.07) is 0. The molecule has 9 heavy (non-hydrogen) atoms. The van der Waals surface area contributed by atoms with E-state index in [4.69, 9.17) is 0 Å². The zero-order valence-electron chi connectivity index (χ0n) is 6.20. The molecule has 1 nitrogen and oxygen atoms in total. The molecule has 1 rings (SSSR count). The number of rotatable bonds is 0. The first kappa shape index (κ1) is 6.02. The van der Waals surface area contributed by atoms with Gasteiger partial charge in [-0.2, -0.15) is 0 Å². The van der Waals surface area contributed by atoms with Gasteiger partial charge < -0.3 is 0 Å². The summed E-state index contributed by atoms with van der Waals surface area (Å²) in [5.41, 5.74) is 0. The predicted molar refractivity (Wildman–Crippen MR) is 41.9 cm³/mol. The van der Waals surface area contributed by atoms with Crippen LogP contribution in [0.1, 0.15) is 1.43 Å². The second-order valence-electron chi connectivity index (χ2n) is 1.71. The lowest BCUT2D eigenvalue weighted by atomic mass is 10.4. The highest BCUT2D eigenvalue weighted by molar-refractivity contribution is 5.71. The van der Waals surface area contributed by atoms with Gasteiger partial charge in [0.15, 0.2) is 0 Å². The summed E-state index contributed by atoms with van der Waals surface area (Å²) >= 11 is 0. The standard InChI is InChI=1S/C8H9N/c1-2-4-6-8-9-7-5-3-1/h1-7H,8H2/p+1. The highest BCUT2D eigenvalue weighted by Gasteiger charge is 1.70. The maximum absolute atomic E-state index is 4.05. The minimum Gasteiger partial charge on any atom is -0.289 e. The maximum atomic E-state index is 4.05.